The maximum Gasteiger partial charge on any atom is 0.419 e. The first-order valence-electron chi connectivity index (χ1n) is 7.10. The van der Waals surface area contributed by atoms with Crippen molar-refractivity contribution < 1.29 is 8.81 Å². The van der Waals surface area contributed by atoms with Crippen LogP contribution in [0.25, 0.3) is 11.1 Å². The third-order valence-electron chi connectivity index (χ3n) is 3.60. The second-order valence-electron chi connectivity index (χ2n) is 5.05. The van der Waals surface area contributed by atoms with Crippen molar-refractivity contribution in [2.75, 3.05) is 5.75 Å². The number of aromatic nitrogens is 1. The predicted octanol–water partition coefficient (Wildman–Crippen LogP) is 4.23. The van der Waals surface area contributed by atoms with Gasteiger partial charge in [-0.15, -0.1) is 0 Å². The maximum atomic E-state index is 12.9. The summed E-state index contributed by atoms with van der Waals surface area (Å²) in [6.45, 7) is 2.67. The fraction of sp³-hybridized carbons (Fsp3) is 0.235. The first kappa shape index (κ1) is 14.9. The van der Waals surface area contributed by atoms with Crippen LogP contribution in [0, 0.1) is 5.82 Å². The Morgan fingerprint density at radius 2 is 1.91 bits per heavy atom. The van der Waals surface area contributed by atoms with Crippen LogP contribution in [0.3, 0.4) is 0 Å². The van der Waals surface area contributed by atoms with E-state index in [0.29, 0.717) is 12.1 Å². The molecule has 1 heterocycles. The fourth-order valence-electron chi connectivity index (χ4n) is 2.38. The van der Waals surface area contributed by atoms with Crippen LogP contribution in [0.2, 0.25) is 0 Å². The van der Waals surface area contributed by atoms with Crippen LogP contribution in [0.4, 0.5) is 4.39 Å². The molecule has 2 aromatic carbocycles. The number of benzene rings is 2. The summed E-state index contributed by atoms with van der Waals surface area (Å²) in [5.41, 5.74) is 2.52. The molecule has 0 aliphatic carbocycles. The zero-order valence-corrected chi connectivity index (χ0v) is 13.0. The molecule has 3 rings (SSSR count). The molecule has 0 aliphatic rings. The van der Waals surface area contributed by atoms with Gasteiger partial charge < -0.3 is 4.42 Å². The molecule has 3 aromatic rings. The minimum absolute atomic E-state index is 0.225. The predicted molar refractivity (Wildman–Crippen MR) is 87.7 cm³/mol. The van der Waals surface area contributed by atoms with E-state index in [-0.39, 0.29) is 16.8 Å². The van der Waals surface area contributed by atoms with Crippen LogP contribution in [0.15, 0.2) is 57.7 Å². The summed E-state index contributed by atoms with van der Waals surface area (Å²) in [4.78, 5) is 11.9. The van der Waals surface area contributed by atoms with Crippen LogP contribution < -0.4 is 5.76 Å². The maximum absolute atomic E-state index is 12.9. The summed E-state index contributed by atoms with van der Waals surface area (Å²) in [6, 6.07) is 14.0. The molecule has 1 aromatic heterocycles. The van der Waals surface area contributed by atoms with E-state index in [1.165, 1.54) is 12.1 Å². The van der Waals surface area contributed by atoms with Gasteiger partial charge in [0.1, 0.15) is 5.82 Å². The molecule has 0 fully saturated rings. The highest BCUT2D eigenvalue weighted by molar-refractivity contribution is 7.99. The van der Waals surface area contributed by atoms with E-state index in [2.05, 4.69) is 6.92 Å². The highest BCUT2D eigenvalue weighted by Crippen LogP contribution is 2.28. The monoisotopic (exact) mass is 317 g/mol. The summed E-state index contributed by atoms with van der Waals surface area (Å²) >= 11 is 1.73. The number of para-hydroxylation sites is 2. The molecule has 0 spiro atoms. The zero-order valence-electron chi connectivity index (χ0n) is 12.2. The lowest BCUT2D eigenvalue weighted by Crippen LogP contribution is -2.15. The lowest BCUT2D eigenvalue weighted by atomic mass is 10.2. The Hall–Kier alpha value is -2.01. The summed E-state index contributed by atoms with van der Waals surface area (Å²) in [7, 11) is 0. The van der Waals surface area contributed by atoms with E-state index in [0.717, 1.165) is 16.8 Å². The summed E-state index contributed by atoms with van der Waals surface area (Å²) < 4.78 is 19.8. The van der Waals surface area contributed by atoms with Crippen LogP contribution in [0.5, 0.6) is 0 Å². The molecule has 0 radical (unpaired) electrons. The van der Waals surface area contributed by atoms with Crippen molar-refractivity contribution in [2.24, 2.45) is 0 Å². The van der Waals surface area contributed by atoms with E-state index < -0.39 is 0 Å². The van der Waals surface area contributed by atoms with Crippen LogP contribution >= 0.6 is 11.8 Å². The number of thioether (sulfide) groups is 1. The van der Waals surface area contributed by atoms with Crippen molar-refractivity contribution in [3.8, 4) is 0 Å². The Kier molecular flexibility index (Phi) is 4.34. The molecular formula is C17H16FNO2S. The molecule has 0 saturated carbocycles. The van der Waals surface area contributed by atoms with Crippen LogP contribution in [-0.2, 0) is 6.54 Å². The minimum Gasteiger partial charge on any atom is -0.408 e. The number of fused-ring (bicyclic) bond motifs is 1. The Labute approximate surface area is 131 Å². The topological polar surface area (TPSA) is 35.1 Å². The molecule has 114 valence electrons. The van der Waals surface area contributed by atoms with Crippen molar-refractivity contribution in [3.05, 3.63) is 70.5 Å². The molecule has 5 heteroatoms. The van der Waals surface area contributed by atoms with Crippen LogP contribution in [-0.4, -0.2) is 10.3 Å². The normalized spacial score (nSPS) is 12.6. The van der Waals surface area contributed by atoms with Crippen molar-refractivity contribution in [3.63, 3.8) is 0 Å². The molecule has 22 heavy (non-hydrogen) atoms. The van der Waals surface area contributed by atoms with Gasteiger partial charge in [0, 0.05) is 17.5 Å². The van der Waals surface area contributed by atoms with Crippen LogP contribution in [0.1, 0.15) is 17.7 Å². The summed E-state index contributed by atoms with van der Waals surface area (Å²) in [5.74, 6) is 0.232. The van der Waals surface area contributed by atoms with Gasteiger partial charge >= 0.3 is 5.76 Å². The molecule has 1 unspecified atom stereocenters. The number of nitrogens with zero attached hydrogens (tertiary/aromatic N) is 1. The van der Waals surface area contributed by atoms with Gasteiger partial charge in [0.15, 0.2) is 5.58 Å². The van der Waals surface area contributed by atoms with Gasteiger partial charge in [-0.05, 0) is 36.8 Å². The Morgan fingerprint density at radius 1 is 1.18 bits per heavy atom. The quantitative estimate of drug-likeness (QED) is 0.706. The number of hydrogen-bond acceptors (Lipinski definition) is 3. The van der Waals surface area contributed by atoms with Crippen molar-refractivity contribution >= 4 is 22.9 Å². The van der Waals surface area contributed by atoms with E-state index in [1.54, 1.807) is 34.5 Å². The molecule has 0 saturated heterocycles. The summed E-state index contributed by atoms with van der Waals surface area (Å²) in [6.07, 6.45) is 0. The first-order valence-corrected chi connectivity index (χ1v) is 8.15. The van der Waals surface area contributed by atoms with Crippen molar-refractivity contribution in [1.29, 1.82) is 0 Å². The van der Waals surface area contributed by atoms with Gasteiger partial charge in [-0.3, -0.25) is 4.57 Å². The number of aryl methyl sites for hydroxylation is 1. The van der Waals surface area contributed by atoms with E-state index in [1.807, 2.05) is 18.2 Å². The smallest absolute Gasteiger partial charge is 0.408 e. The third-order valence-corrected chi connectivity index (χ3v) is 4.79. The van der Waals surface area contributed by atoms with Crippen molar-refractivity contribution in [1.82, 2.24) is 4.57 Å². The summed E-state index contributed by atoms with van der Waals surface area (Å²) in [5, 5.41) is 0.245. The molecule has 3 nitrogen and oxygen atoms in total. The highest BCUT2D eigenvalue weighted by Gasteiger charge is 2.10. The van der Waals surface area contributed by atoms with Gasteiger partial charge in [0.05, 0.1) is 5.52 Å². The lowest BCUT2D eigenvalue weighted by molar-refractivity contribution is 0.514. The minimum atomic E-state index is -0.323. The third kappa shape index (κ3) is 3.09. The first-order chi connectivity index (χ1) is 10.6. The largest absolute Gasteiger partial charge is 0.419 e. The number of hydrogen-bond donors (Lipinski definition) is 0. The zero-order chi connectivity index (χ0) is 15.5. The molecule has 0 bridgehead atoms. The number of oxazole rings is 1. The highest BCUT2D eigenvalue weighted by atomic mass is 32.2. The van der Waals surface area contributed by atoms with Gasteiger partial charge in [0.25, 0.3) is 0 Å². The lowest BCUT2D eigenvalue weighted by Gasteiger charge is -2.11. The Bertz CT molecular complexity index is 823. The van der Waals surface area contributed by atoms with E-state index >= 15 is 0 Å². The van der Waals surface area contributed by atoms with Gasteiger partial charge in [-0.25, -0.2) is 9.18 Å². The molecule has 0 N–H and O–H groups in total. The Morgan fingerprint density at radius 3 is 2.68 bits per heavy atom. The van der Waals surface area contributed by atoms with Gasteiger partial charge in [-0.2, -0.15) is 11.8 Å². The molecule has 1 atom stereocenters. The second-order valence-corrected chi connectivity index (χ2v) is 6.50. The van der Waals surface area contributed by atoms with Crippen molar-refractivity contribution in [2.45, 2.75) is 18.7 Å². The fourth-order valence-corrected chi connectivity index (χ4v) is 3.37. The molecular weight excluding hydrogens is 301 g/mol. The second kappa shape index (κ2) is 6.40. The van der Waals surface area contributed by atoms with Gasteiger partial charge in [-0.1, -0.05) is 24.3 Å². The standard InChI is InChI=1S/C17H16FNO2S/c1-12(13-6-8-14(18)9-7-13)22-11-10-19-15-4-2-3-5-16(15)21-17(19)20/h2-9,12H,10-11H2,1H3. The van der Waals surface area contributed by atoms with Gasteiger partial charge in [0.2, 0.25) is 0 Å². The Balaban J connectivity index is 1.66. The SMILES string of the molecule is CC(SCCn1c(=O)oc2ccccc21)c1ccc(F)cc1. The number of rotatable bonds is 5. The molecule has 0 amide bonds. The number of halogens is 1. The average Bonchev–Trinajstić information content (AvgIpc) is 2.84. The van der Waals surface area contributed by atoms with E-state index in [9.17, 15) is 9.18 Å². The van der Waals surface area contributed by atoms with E-state index in [4.69, 9.17) is 4.42 Å². The average molecular weight is 317 g/mol. The molecule has 0 aliphatic heterocycles.